The van der Waals surface area contributed by atoms with E-state index in [-0.39, 0.29) is 24.3 Å². The van der Waals surface area contributed by atoms with Crippen LogP contribution in [0, 0.1) is 0 Å². The summed E-state index contributed by atoms with van der Waals surface area (Å²) in [6.07, 6.45) is 5.52. The van der Waals surface area contributed by atoms with Gasteiger partial charge in [-0.15, -0.1) is 0 Å². The van der Waals surface area contributed by atoms with E-state index in [1.165, 1.54) is 12.1 Å². The normalized spacial score (nSPS) is 19.2. The fourth-order valence-electron chi connectivity index (χ4n) is 3.70. The van der Waals surface area contributed by atoms with E-state index in [4.69, 9.17) is 0 Å². The van der Waals surface area contributed by atoms with Crippen LogP contribution in [0.15, 0.2) is 24.3 Å². The number of likely N-dealkylation sites (N-methyl/N-ethyl adjacent to an activating group) is 1. The van der Waals surface area contributed by atoms with E-state index in [2.05, 4.69) is 27.5 Å². The largest absolute Gasteiger partial charge is 0.369 e. The zero-order valence-corrected chi connectivity index (χ0v) is 15.7. The number of amides is 2. The first-order valence-electron chi connectivity index (χ1n) is 9.73. The quantitative estimate of drug-likeness (QED) is 0.792. The Morgan fingerprint density at radius 1 is 0.962 bits per heavy atom. The predicted molar refractivity (Wildman–Crippen MR) is 104 cm³/mol. The molecule has 6 heteroatoms. The lowest BCUT2D eigenvalue weighted by atomic mass is 9.95. The Bertz CT molecular complexity index is 603. The minimum atomic E-state index is -0.259. The number of carbonyl (C=O) groups is 2. The zero-order chi connectivity index (χ0) is 18.4. The van der Waals surface area contributed by atoms with Gasteiger partial charge in [0.25, 0.3) is 0 Å². The second-order valence-corrected chi connectivity index (χ2v) is 7.46. The van der Waals surface area contributed by atoms with Crippen molar-refractivity contribution in [2.24, 2.45) is 0 Å². The zero-order valence-electron chi connectivity index (χ0n) is 15.7. The van der Waals surface area contributed by atoms with Crippen LogP contribution in [0.1, 0.15) is 38.5 Å². The molecule has 0 bridgehead atoms. The van der Waals surface area contributed by atoms with E-state index in [9.17, 15) is 9.59 Å². The van der Waals surface area contributed by atoms with Crippen LogP contribution in [0.25, 0.3) is 0 Å². The highest BCUT2D eigenvalue weighted by atomic mass is 16.2. The molecule has 0 unspecified atom stereocenters. The molecule has 1 saturated heterocycles. The number of hydrogen-bond acceptors (Lipinski definition) is 4. The van der Waals surface area contributed by atoms with E-state index in [0.717, 1.165) is 57.5 Å². The summed E-state index contributed by atoms with van der Waals surface area (Å²) in [6, 6.07) is 8.12. The van der Waals surface area contributed by atoms with Gasteiger partial charge in [-0.1, -0.05) is 19.3 Å². The van der Waals surface area contributed by atoms with Crippen LogP contribution in [0.5, 0.6) is 0 Å². The first-order chi connectivity index (χ1) is 12.6. The summed E-state index contributed by atoms with van der Waals surface area (Å²) in [5.74, 6) is -0.436. The molecule has 2 aliphatic rings. The molecule has 3 rings (SSSR count). The molecular weight excluding hydrogens is 328 g/mol. The minimum absolute atomic E-state index is 0.114. The maximum absolute atomic E-state index is 12.1. The van der Waals surface area contributed by atoms with Crippen LogP contribution < -0.4 is 15.5 Å². The van der Waals surface area contributed by atoms with Gasteiger partial charge in [0.1, 0.15) is 6.42 Å². The van der Waals surface area contributed by atoms with Gasteiger partial charge in [0.2, 0.25) is 11.8 Å². The number of benzene rings is 1. The summed E-state index contributed by atoms with van der Waals surface area (Å²) in [7, 11) is 2.14. The number of anilines is 2. The van der Waals surface area contributed by atoms with Crippen molar-refractivity contribution >= 4 is 23.2 Å². The smallest absolute Gasteiger partial charge is 0.233 e. The van der Waals surface area contributed by atoms with Crippen molar-refractivity contribution < 1.29 is 9.59 Å². The highest BCUT2D eigenvalue weighted by Gasteiger charge is 2.18. The van der Waals surface area contributed by atoms with Crippen molar-refractivity contribution in [2.45, 2.75) is 44.6 Å². The van der Waals surface area contributed by atoms with Crippen LogP contribution in [-0.4, -0.2) is 56.0 Å². The second-order valence-electron chi connectivity index (χ2n) is 7.46. The number of hydrogen-bond donors (Lipinski definition) is 2. The second kappa shape index (κ2) is 9.03. The molecule has 0 spiro atoms. The third-order valence-corrected chi connectivity index (χ3v) is 5.31. The molecule has 2 fully saturated rings. The maximum Gasteiger partial charge on any atom is 0.233 e. The van der Waals surface area contributed by atoms with E-state index < -0.39 is 0 Å². The Balaban J connectivity index is 1.44. The summed E-state index contributed by atoms with van der Waals surface area (Å²) in [6.45, 7) is 4.16. The minimum Gasteiger partial charge on any atom is -0.369 e. The van der Waals surface area contributed by atoms with Crippen LogP contribution in [0.3, 0.4) is 0 Å². The van der Waals surface area contributed by atoms with Crippen molar-refractivity contribution in [1.29, 1.82) is 0 Å². The average molecular weight is 358 g/mol. The van der Waals surface area contributed by atoms with Crippen molar-refractivity contribution in [3.8, 4) is 0 Å². The van der Waals surface area contributed by atoms with Gasteiger partial charge in [-0.25, -0.2) is 0 Å². The molecule has 0 atom stereocenters. The molecule has 2 N–H and O–H groups in total. The summed E-state index contributed by atoms with van der Waals surface area (Å²) in [5, 5.41) is 5.80. The molecule has 2 amide bonds. The predicted octanol–water partition coefficient (Wildman–Crippen LogP) is 2.22. The van der Waals surface area contributed by atoms with Gasteiger partial charge in [-0.3, -0.25) is 9.59 Å². The van der Waals surface area contributed by atoms with Gasteiger partial charge in [0, 0.05) is 43.6 Å². The van der Waals surface area contributed by atoms with Gasteiger partial charge >= 0.3 is 0 Å². The van der Waals surface area contributed by atoms with E-state index >= 15 is 0 Å². The van der Waals surface area contributed by atoms with Crippen molar-refractivity contribution in [3.63, 3.8) is 0 Å². The molecule has 26 heavy (non-hydrogen) atoms. The van der Waals surface area contributed by atoms with Crippen LogP contribution >= 0.6 is 0 Å². The molecule has 0 aromatic heterocycles. The fourth-order valence-corrected chi connectivity index (χ4v) is 3.70. The molecule has 1 aliphatic carbocycles. The molecule has 1 heterocycles. The van der Waals surface area contributed by atoms with Gasteiger partial charge in [-0.2, -0.15) is 0 Å². The van der Waals surface area contributed by atoms with E-state index in [1.807, 2.05) is 24.3 Å². The highest BCUT2D eigenvalue weighted by Crippen LogP contribution is 2.20. The summed E-state index contributed by atoms with van der Waals surface area (Å²) in [5.41, 5.74) is 1.91. The molecule has 1 aromatic rings. The lowest BCUT2D eigenvalue weighted by Gasteiger charge is -2.34. The number of nitrogens with zero attached hydrogens (tertiary/aromatic N) is 2. The Hall–Kier alpha value is -2.08. The van der Waals surface area contributed by atoms with Crippen LogP contribution in [0.2, 0.25) is 0 Å². The summed E-state index contributed by atoms with van der Waals surface area (Å²) >= 11 is 0. The fraction of sp³-hybridized carbons (Fsp3) is 0.600. The number of piperazine rings is 1. The third kappa shape index (κ3) is 5.46. The number of nitrogens with one attached hydrogen (secondary N) is 2. The number of carbonyl (C=O) groups excluding carboxylic acids is 2. The molecule has 1 aromatic carbocycles. The molecule has 0 radical (unpaired) electrons. The molecule has 142 valence electrons. The Kier molecular flexibility index (Phi) is 6.50. The van der Waals surface area contributed by atoms with E-state index in [0.29, 0.717) is 0 Å². The lowest BCUT2D eigenvalue weighted by Crippen LogP contribution is -2.44. The van der Waals surface area contributed by atoms with Crippen molar-refractivity contribution in [3.05, 3.63) is 24.3 Å². The Morgan fingerprint density at radius 2 is 1.62 bits per heavy atom. The van der Waals surface area contributed by atoms with Gasteiger partial charge < -0.3 is 20.4 Å². The van der Waals surface area contributed by atoms with Crippen LogP contribution in [-0.2, 0) is 9.59 Å². The first-order valence-corrected chi connectivity index (χ1v) is 9.73. The highest BCUT2D eigenvalue weighted by molar-refractivity contribution is 6.03. The third-order valence-electron chi connectivity index (χ3n) is 5.31. The van der Waals surface area contributed by atoms with Gasteiger partial charge in [-0.05, 0) is 44.2 Å². The lowest BCUT2D eigenvalue weighted by molar-refractivity contribution is -0.127. The Morgan fingerprint density at radius 3 is 2.27 bits per heavy atom. The average Bonchev–Trinajstić information content (AvgIpc) is 2.64. The number of rotatable bonds is 5. The molecular formula is C20H30N4O2. The monoisotopic (exact) mass is 358 g/mol. The summed E-state index contributed by atoms with van der Waals surface area (Å²) in [4.78, 5) is 28.8. The standard InChI is InChI=1S/C20H30N4O2/c1-23-11-13-24(14-12-23)18-9-7-17(8-10-18)22-20(26)15-19(25)21-16-5-3-2-4-6-16/h7-10,16H,2-6,11-15H2,1H3,(H,21,25)(H,22,26). The molecule has 1 saturated carbocycles. The van der Waals surface area contributed by atoms with Crippen molar-refractivity contribution in [2.75, 3.05) is 43.4 Å². The van der Waals surface area contributed by atoms with Crippen LogP contribution in [0.4, 0.5) is 11.4 Å². The maximum atomic E-state index is 12.1. The molecule has 6 nitrogen and oxygen atoms in total. The van der Waals surface area contributed by atoms with E-state index in [1.54, 1.807) is 0 Å². The van der Waals surface area contributed by atoms with Gasteiger partial charge in [0.05, 0.1) is 0 Å². The Labute approximate surface area is 155 Å². The summed E-state index contributed by atoms with van der Waals surface area (Å²) < 4.78 is 0. The molecule has 1 aliphatic heterocycles. The van der Waals surface area contributed by atoms with Crippen molar-refractivity contribution in [1.82, 2.24) is 10.2 Å². The SMILES string of the molecule is CN1CCN(c2ccc(NC(=O)CC(=O)NC3CCCCC3)cc2)CC1. The first kappa shape index (κ1) is 18.7. The topological polar surface area (TPSA) is 64.7 Å². The van der Waals surface area contributed by atoms with Gasteiger partial charge in [0.15, 0.2) is 0 Å².